The average molecular weight is 291 g/mol. The Morgan fingerprint density at radius 3 is 2.50 bits per heavy atom. The third-order valence-corrected chi connectivity index (χ3v) is 3.16. The summed E-state index contributed by atoms with van der Waals surface area (Å²) < 4.78 is 0. The summed E-state index contributed by atoms with van der Waals surface area (Å²) in [4.78, 5) is 0. The molecule has 0 saturated carbocycles. The molecule has 0 atom stereocenters. The van der Waals surface area contributed by atoms with Gasteiger partial charge in [-0.25, -0.2) is 0 Å². The van der Waals surface area contributed by atoms with Gasteiger partial charge in [0.15, 0.2) is 0 Å². The van der Waals surface area contributed by atoms with Gasteiger partial charge < -0.3 is 0 Å². The molecule has 0 bridgehead atoms. The quantitative estimate of drug-likeness (QED) is 0.712. The first-order chi connectivity index (χ1) is 7.13. The first-order valence-corrected chi connectivity index (χ1v) is 5.82. The molecular weight excluding hydrogens is 271 g/mol. The summed E-state index contributed by atoms with van der Waals surface area (Å²) in [6.45, 7) is 8.95. The first-order valence-electron chi connectivity index (χ1n) is 5.82. The van der Waals surface area contributed by atoms with Gasteiger partial charge in [0, 0.05) is 26.2 Å². The predicted octanol–water partition coefficient (Wildman–Crippen LogP) is 4.55. The van der Waals surface area contributed by atoms with Crippen LogP contribution < -0.4 is 0 Å². The normalized spacial score (nSPS) is 10.8. The molecule has 0 aliphatic heterocycles. The molecular formula is C15H19Zr-. The monoisotopic (exact) mass is 289 g/mol. The van der Waals surface area contributed by atoms with Crippen molar-refractivity contribution < 1.29 is 26.2 Å². The molecule has 2 rings (SSSR count). The Balaban J connectivity index is 0.00000128. The van der Waals surface area contributed by atoms with Gasteiger partial charge in [0.05, 0.1) is 0 Å². The molecule has 0 fully saturated rings. The molecule has 0 spiro atoms. The fraction of sp³-hybridized carbons (Fsp3) is 0.400. The van der Waals surface area contributed by atoms with Gasteiger partial charge >= 0.3 is 0 Å². The van der Waals surface area contributed by atoms with E-state index in [1.807, 2.05) is 0 Å². The maximum Gasteiger partial charge on any atom is 0 e. The number of rotatable bonds is 2. The van der Waals surface area contributed by atoms with E-state index in [9.17, 15) is 0 Å². The van der Waals surface area contributed by atoms with E-state index >= 15 is 0 Å². The van der Waals surface area contributed by atoms with Crippen LogP contribution in [-0.2, 0) is 32.6 Å². The van der Waals surface area contributed by atoms with Crippen molar-refractivity contribution in [3.8, 4) is 0 Å². The van der Waals surface area contributed by atoms with Gasteiger partial charge in [-0.05, 0) is 5.92 Å². The van der Waals surface area contributed by atoms with Crippen LogP contribution in [0, 0.1) is 6.92 Å². The van der Waals surface area contributed by atoms with Crippen LogP contribution in [0.25, 0.3) is 10.8 Å². The van der Waals surface area contributed by atoms with Crippen LogP contribution in [0.4, 0.5) is 0 Å². The van der Waals surface area contributed by atoms with Gasteiger partial charge in [0.25, 0.3) is 0 Å². The van der Waals surface area contributed by atoms with E-state index in [0.717, 1.165) is 6.42 Å². The Labute approximate surface area is 118 Å². The number of hydrogen-bond donors (Lipinski definition) is 0. The Hall–Kier alpha value is -0.287. The molecule has 0 amide bonds. The second-order valence-corrected chi connectivity index (χ2v) is 4.68. The van der Waals surface area contributed by atoms with E-state index in [1.165, 1.54) is 27.5 Å². The SMILES string of the molecule is CCc1ccc(C(C)C)c2cc(C)[cH-]c12.[Zr]. The predicted molar refractivity (Wildman–Crippen MR) is 67.7 cm³/mol. The molecule has 2 aromatic rings. The molecule has 16 heavy (non-hydrogen) atoms. The molecule has 0 unspecified atom stereocenters. The summed E-state index contributed by atoms with van der Waals surface area (Å²) in [7, 11) is 0. The third kappa shape index (κ3) is 2.35. The summed E-state index contributed by atoms with van der Waals surface area (Å²) in [6.07, 6.45) is 1.12. The number of aryl methyl sites for hydroxylation is 2. The molecule has 2 aromatic carbocycles. The minimum absolute atomic E-state index is 0. The summed E-state index contributed by atoms with van der Waals surface area (Å²) in [5.74, 6) is 0.611. The van der Waals surface area contributed by atoms with E-state index in [2.05, 4.69) is 52.0 Å². The van der Waals surface area contributed by atoms with Crippen LogP contribution in [0.2, 0.25) is 0 Å². The van der Waals surface area contributed by atoms with Crippen molar-refractivity contribution in [2.24, 2.45) is 0 Å². The molecule has 0 aliphatic rings. The Morgan fingerprint density at radius 1 is 1.25 bits per heavy atom. The van der Waals surface area contributed by atoms with Gasteiger partial charge in [0.2, 0.25) is 0 Å². The van der Waals surface area contributed by atoms with E-state index < -0.39 is 0 Å². The zero-order valence-electron chi connectivity index (χ0n) is 10.6. The zero-order valence-corrected chi connectivity index (χ0v) is 13.1. The number of hydrogen-bond acceptors (Lipinski definition) is 0. The van der Waals surface area contributed by atoms with Crippen molar-refractivity contribution in [1.29, 1.82) is 0 Å². The molecule has 1 heteroatoms. The largest absolute Gasteiger partial charge is 0.165 e. The second kappa shape index (κ2) is 5.36. The number of benzene rings is 1. The molecule has 0 saturated heterocycles. The Morgan fingerprint density at radius 2 is 1.94 bits per heavy atom. The van der Waals surface area contributed by atoms with E-state index in [-0.39, 0.29) is 26.2 Å². The van der Waals surface area contributed by atoms with Crippen LogP contribution in [0.1, 0.15) is 43.4 Å². The fourth-order valence-electron chi connectivity index (χ4n) is 2.34. The topological polar surface area (TPSA) is 0 Å². The molecule has 0 N–H and O–H groups in total. The average Bonchev–Trinajstić information content (AvgIpc) is 2.56. The summed E-state index contributed by atoms with van der Waals surface area (Å²) in [5, 5.41) is 2.92. The molecule has 0 aromatic heterocycles. The first kappa shape index (κ1) is 13.8. The third-order valence-electron chi connectivity index (χ3n) is 3.16. The minimum atomic E-state index is 0. The summed E-state index contributed by atoms with van der Waals surface area (Å²) in [5.41, 5.74) is 4.34. The fourth-order valence-corrected chi connectivity index (χ4v) is 2.34. The maximum absolute atomic E-state index is 2.32. The zero-order chi connectivity index (χ0) is 11.0. The summed E-state index contributed by atoms with van der Waals surface area (Å²) >= 11 is 0. The molecule has 0 aliphatic carbocycles. The van der Waals surface area contributed by atoms with Crippen LogP contribution in [-0.4, -0.2) is 0 Å². The van der Waals surface area contributed by atoms with Gasteiger partial charge in [-0.2, -0.15) is 6.07 Å². The van der Waals surface area contributed by atoms with E-state index in [4.69, 9.17) is 0 Å². The van der Waals surface area contributed by atoms with Crippen molar-refractivity contribution >= 4 is 10.8 Å². The van der Waals surface area contributed by atoms with Crippen molar-refractivity contribution in [2.75, 3.05) is 0 Å². The van der Waals surface area contributed by atoms with Crippen molar-refractivity contribution in [2.45, 2.75) is 40.0 Å². The Bertz CT molecular complexity index is 477. The van der Waals surface area contributed by atoms with Gasteiger partial charge in [0.1, 0.15) is 0 Å². The van der Waals surface area contributed by atoms with Crippen LogP contribution in [0.3, 0.4) is 0 Å². The van der Waals surface area contributed by atoms with Crippen LogP contribution in [0.15, 0.2) is 24.3 Å². The smallest absolute Gasteiger partial charge is 0 e. The van der Waals surface area contributed by atoms with Gasteiger partial charge in [-0.1, -0.05) is 45.7 Å². The molecule has 0 heterocycles. The van der Waals surface area contributed by atoms with Crippen molar-refractivity contribution in [3.05, 3.63) is 41.0 Å². The van der Waals surface area contributed by atoms with Crippen LogP contribution >= 0.6 is 0 Å². The minimum Gasteiger partial charge on any atom is -0.165 e. The second-order valence-electron chi connectivity index (χ2n) is 4.68. The molecule has 0 radical (unpaired) electrons. The molecule has 84 valence electrons. The Kier molecular flexibility index (Phi) is 4.62. The van der Waals surface area contributed by atoms with Crippen molar-refractivity contribution in [1.82, 2.24) is 0 Å². The number of fused-ring (bicyclic) bond motifs is 1. The maximum atomic E-state index is 2.32. The standard InChI is InChI=1S/C15H19.Zr/c1-5-12-6-7-13(10(2)3)15-9-11(4)8-14(12)15;/h6-10H,5H2,1-4H3;/q-1;. The molecule has 0 nitrogen and oxygen atoms in total. The summed E-state index contributed by atoms with van der Waals surface area (Å²) in [6, 6.07) is 9.23. The van der Waals surface area contributed by atoms with E-state index in [1.54, 1.807) is 0 Å². The van der Waals surface area contributed by atoms with Crippen LogP contribution in [0.5, 0.6) is 0 Å². The van der Waals surface area contributed by atoms with Gasteiger partial charge in [-0.3, -0.25) is 0 Å². The van der Waals surface area contributed by atoms with E-state index in [0.29, 0.717) is 5.92 Å². The van der Waals surface area contributed by atoms with Crippen molar-refractivity contribution in [3.63, 3.8) is 0 Å². The van der Waals surface area contributed by atoms with Gasteiger partial charge in [-0.15, -0.1) is 34.0 Å².